The van der Waals surface area contributed by atoms with Crippen LogP contribution in [-0.2, 0) is 4.79 Å². The molecule has 2 heterocycles. The molecule has 0 atom stereocenters. The number of rotatable bonds is 6. The third-order valence-electron chi connectivity index (χ3n) is 5.82. The zero-order valence-electron chi connectivity index (χ0n) is 17.6. The molecule has 1 aliphatic heterocycles. The topological polar surface area (TPSA) is 86.9 Å². The number of aliphatic hydroxyl groups is 1. The summed E-state index contributed by atoms with van der Waals surface area (Å²) in [5.41, 5.74) is 0.563. The molecule has 0 unspecified atom stereocenters. The van der Waals surface area contributed by atoms with Crippen LogP contribution < -0.4 is 0 Å². The van der Waals surface area contributed by atoms with E-state index in [0.29, 0.717) is 30.5 Å². The summed E-state index contributed by atoms with van der Waals surface area (Å²) in [4.78, 5) is 33.5. The molecule has 1 aromatic heterocycles. The minimum Gasteiger partial charge on any atom is -0.444 e. The summed E-state index contributed by atoms with van der Waals surface area (Å²) in [5, 5.41) is 9.91. The number of aromatic nitrogens is 1. The van der Waals surface area contributed by atoms with Crippen molar-refractivity contribution in [1.29, 1.82) is 0 Å². The molecule has 0 radical (unpaired) electrons. The van der Waals surface area contributed by atoms with Crippen molar-refractivity contribution < 1.29 is 19.1 Å². The summed E-state index contributed by atoms with van der Waals surface area (Å²) in [6.07, 6.45) is 6.80. The molecular weight excluding hydrogens is 382 g/mol. The van der Waals surface area contributed by atoms with Crippen molar-refractivity contribution in [2.45, 2.75) is 63.6 Å². The first-order chi connectivity index (χ1) is 14.3. The summed E-state index contributed by atoms with van der Waals surface area (Å²) >= 11 is 0. The molecule has 160 valence electrons. The average molecular weight is 412 g/mol. The Kier molecular flexibility index (Phi) is 5.64. The number of hydrogen-bond donors (Lipinski definition) is 1. The van der Waals surface area contributed by atoms with E-state index in [1.54, 1.807) is 20.0 Å². The molecule has 30 heavy (non-hydrogen) atoms. The molecule has 7 nitrogen and oxygen atoms in total. The molecule has 1 aromatic carbocycles. The smallest absolute Gasteiger partial charge is 0.254 e. The minimum atomic E-state index is -0.998. The highest BCUT2D eigenvalue weighted by molar-refractivity contribution is 5.95. The Bertz CT molecular complexity index is 874. The molecule has 2 aromatic rings. The molecule has 1 N–H and O–H groups in total. The van der Waals surface area contributed by atoms with E-state index in [1.807, 2.05) is 34.1 Å². The van der Waals surface area contributed by atoms with Gasteiger partial charge in [-0.2, -0.15) is 0 Å². The zero-order valence-corrected chi connectivity index (χ0v) is 17.6. The van der Waals surface area contributed by atoms with Crippen molar-refractivity contribution in [2.75, 3.05) is 13.1 Å². The molecule has 1 saturated heterocycles. The fraction of sp³-hybridized carbons (Fsp3) is 0.522. The lowest BCUT2D eigenvalue weighted by Gasteiger charge is -2.39. The van der Waals surface area contributed by atoms with Gasteiger partial charge in [-0.3, -0.25) is 9.59 Å². The highest BCUT2D eigenvalue weighted by atomic mass is 16.3. The molecule has 0 bridgehead atoms. The molecule has 7 heteroatoms. The highest BCUT2D eigenvalue weighted by Crippen LogP contribution is 2.34. The van der Waals surface area contributed by atoms with E-state index in [-0.39, 0.29) is 24.3 Å². The summed E-state index contributed by atoms with van der Waals surface area (Å²) < 4.78 is 5.32. The number of likely N-dealkylation sites (tertiary alicyclic amines) is 1. The first kappa shape index (κ1) is 20.6. The second kappa shape index (κ2) is 8.22. The SMILES string of the molecule is CC(C)(O)CC(=O)N1CCC(N(C(=O)c2ccc(-c3cnco3)cc2)C2CC2)CC1. The standard InChI is InChI=1S/C23H29N3O4/c1-23(2,29)13-21(27)25-11-9-19(10-12-25)26(18-7-8-18)22(28)17-5-3-16(4-6-17)20-14-24-15-30-20/h3-6,14-15,18-19,29H,7-13H2,1-2H3. The van der Waals surface area contributed by atoms with Crippen molar-refractivity contribution in [3.63, 3.8) is 0 Å². The predicted molar refractivity (Wildman–Crippen MR) is 112 cm³/mol. The number of carbonyl (C=O) groups excluding carboxylic acids is 2. The zero-order chi connectivity index (χ0) is 21.3. The van der Waals surface area contributed by atoms with Crippen LogP contribution in [0, 0.1) is 0 Å². The van der Waals surface area contributed by atoms with Gasteiger partial charge in [-0.1, -0.05) is 12.1 Å². The lowest BCUT2D eigenvalue weighted by molar-refractivity contribution is -0.136. The van der Waals surface area contributed by atoms with Crippen LogP contribution in [0.15, 0.2) is 41.3 Å². The molecule has 2 amide bonds. The number of hydrogen-bond acceptors (Lipinski definition) is 5. The Labute approximate surface area is 176 Å². The van der Waals surface area contributed by atoms with Gasteiger partial charge in [0.15, 0.2) is 12.2 Å². The van der Waals surface area contributed by atoms with E-state index in [2.05, 4.69) is 4.98 Å². The van der Waals surface area contributed by atoms with E-state index in [4.69, 9.17) is 4.42 Å². The summed E-state index contributed by atoms with van der Waals surface area (Å²) in [6, 6.07) is 7.91. The van der Waals surface area contributed by atoms with Gasteiger partial charge in [-0.05, 0) is 51.7 Å². The van der Waals surface area contributed by atoms with Crippen molar-refractivity contribution >= 4 is 11.8 Å². The number of amides is 2. The maximum atomic E-state index is 13.3. The number of piperidine rings is 1. The van der Waals surface area contributed by atoms with Gasteiger partial charge in [-0.25, -0.2) is 4.98 Å². The average Bonchev–Trinajstić information content (AvgIpc) is 3.39. The third kappa shape index (κ3) is 4.73. The van der Waals surface area contributed by atoms with Gasteiger partial charge >= 0.3 is 0 Å². The number of benzene rings is 1. The van der Waals surface area contributed by atoms with Crippen molar-refractivity contribution in [3.8, 4) is 11.3 Å². The molecule has 2 fully saturated rings. The summed E-state index contributed by atoms with van der Waals surface area (Å²) in [7, 11) is 0. The van der Waals surface area contributed by atoms with Gasteiger partial charge in [0.25, 0.3) is 5.91 Å². The van der Waals surface area contributed by atoms with Crippen LogP contribution >= 0.6 is 0 Å². The first-order valence-electron chi connectivity index (χ1n) is 10.6. The third-order valence-corrected chi connectivity index (χ3v) is 5.82. The number of oxazole rings is 1. The van der Waals surface area contributed by atoms with Gasteiger partial charge in [0.05, 0.1) is 18.2 Å². The van der Waals surface area contributed by atoms with Crippen molar-refractivity contribution in [1.82, 2.24) is 14.8 Å². The number of carbonyl (C=O) groups is 2. The summed E-state index contributed by atoms with van der Waals surface area (Å²) in [6.45, 7) is 4.55. The Balaban J connectivity index is 1.41. The maximum absolute atomic E-state index is 13.3. The van der Waals surface area contributed by atoms with Gasteiger partial charge < -0.3 is 19.3 Å². The Hall–Kier alpha value is -2.67. The van der Waals surface area contributed by atoms with Crippen LogP contribution in [0.2, 0.25) is 0 Å². The van der Waals surface area contributed by atoms with Gasteiger partial charge in [-0.15, -0.1) is 0 Å². The first-order valence-corrected chi connectivity index (χ1v) is 10.6. The van der Waals surface area contributed by atoms with Crippen LogP contribution in [0.4, 0.5) is 0 Å². The van der Waals surface area contributed by atoms with Crippen LogP contribution in [0.5, 0.6) is 0 Å². The van der Waals surface area contributed by atoms with Crippen LogP contribution in [-0.4, -0.2) is 62.5 Å². The van der Waals surface area contributed by atoms with E-state index in [9.17, 15) is 14.7 Å². The van der Waals surface area contributed by atoms with Gasteiger partial charge in [0.2, 0.25) is 5.91 Å². The molecule has 2 aliphatic rings. The monoisotopic (exact) mass is 411 g/mol. The quantitative estimate of drug-likeness (QED) is 0.789. The van der Waals surface area contributed by atoms with E-state index >= 15 is 0 Å². The van der Waals surface area contributed by atoms with Crippen LogP contribution in [0.1, 0.15) is 56.3 Å². The minimum absolute atomic E-state index is 0.0201. The lowest BCUT2D eigenvalue weighted by atomic mass is 9.99. The fourth-order valence-electron chi connectivity index (χ4n) is 4.14. The largest absolute Gasteiger partial charge is 0.444 e. The van der Waals surface area contributed by atoms with E-state index in [0.717, 1.165) is 31.2 Å². The fourth-order valence-corrected chi connectivity index (χ4v) is 4.14. The molecule has 1 saturated carbocycles. The Morgan fingerprint density at radius 3 is 2.30 bits per heavy atom. The summed E-state index contributed by atoms with van der Waals surface area (Å²) in [5.74, 6) is 0.715. The van der Waals surface area contributed by atoms with Gasteiger partial charge in [0.1, 0.15) is 0 Å². The normalized spacial score (nSPS) is 17.8. The van der Waals surface area contributed by atoms with E-state index < -0.39 is 5.60 Å². The maximum Gasteiger partial charge on any atom is 0.254 e. The molecule has 4 rings (SSSR count). The molecule has 0 spiro atoms. The van der Waals surface area contributed by atoms with Crippen molar-refractivity contribution in [2.24, 2.45) is 0 Å². The highest BCUT2D eigenvalue weighted by Gasteiger charge is 2.39. The molecular formula is C23H29N3O4. The number of nitrogens with zero attached hydrogens (tertiary/aromatic N) is 3. The Morgan fingerprint density at radius 2 is 1.77 bits per heavy atom. The van der Waals surface area contributed by atoms with E-state index in [1.165, 1.54) is 6.39 Å². The van der Waals surface area contributed by atoms with Crippen LogP contribution in [0.25, 0.3) is 11.3 Å². The van der Waals surface area contributed by atoms with Crippen molar-refractivity contribution in [3.05, 3.63) is 42.4 Å². The second-order valence-corrected chi connectivity index (χ2v) is 8.99. The Morgan fingerprint density at radius 1 is 1.13 bits per heavy atom. The van der Waals surface area contributed by atoms with Gasteiger partial charge in [0, 0.05) is 36.3 Å². The predicted octanol–water partition coefficient (Wildman–Crippen LogP) is 3.10. The lowest BCUT2D eigenvalue weighted by Crippen LogP contribution is -2.50. The second-order valence-electron chi connectivity index (χ2n) is 8.99. The van der Waals surface area contributed by atoms with Crippen LogP contribution in [0.3, 0.4) is 0 Å². The molecule has 1 aliphatic carbocycles.